The number of thioether (sulfide) groups is 1. The zero-order chi connectivity index (χ0) is 16.4. The van der Waals surface area contributed by atoms with Crippen LogP contribution in [0.3, 0.4) is 0 Å². The van der Waals surface area contributed by atoms with E-state index in [2.05, 4.69) is 0 Å². The molecule has 2 N–H and O–H groups in total. The summed E-state index contributed by atoms with van der Waals surface area (Å²) in [7, 11) is 2.78. The van der Waals surface area contributed by atoms with E-state index in [4.69, 9.17) is 10.5 Å². The fourth-order valence-electron chi connectivity index (χ4n) is 2.40. The summed E-state index contributed by atoms with van der Waals surface area (Å²) in [5.74, 6) is 0.276. The van der Waals surface area contributed by atoms with Gasteiger partial charge >= 0.3 is 5.69 Å². The van der Waals surface area contributed by atoms with E-state index < -0.39 is 16.5 Å². The maximum Gasteiger partial charge on any atom is 0.332 e. The zero-order valence-corrected chi connectivity index (χ0v) is 13.8. The average Bonchev–Trinajstić information content (AvgIpc) is 3.02. The number of nitrogens with zero attached hydrogens (tertiary/aromatic N) is 2. The van der Waals surface area contributed by atoms with Gasteiger partial charge in [0.15, 0.2) is 5.78 Å². The minimum absolute atomic E-state index is 0.0809. The molecule has 0 bridgehead atoms. The van der Waals surface area contributed by atoms with Gasteiger partial charge in [-0.15, -0.1) is 11.8 Å². The van der Waals surface area contributed by atoms with E-state index in [-0.39, 0.29) is 23.3 Å². The SMILES string of the molecule is C[C@H](SC[C@H]1CCCO1)C(=O)c1c(N)n(C)c(=O)n(C)c1=O. The number of ether oxygens (including phenoxy) is 1. The van der Waals surface area contributed by atoms with Crippen LogP contribution in [0.25, 0.3) is 0 Å². The fraction of sp³-hybridized carbons (Fsp3) is 0.643. The van der Waals surface area contributed by atoms with Crippen LogP contribution in [-0.4, -0.2) is 38.6 Å². The molecule has 7 nitrogen and oxygen atoms in total. The van der Waals surface area contributed by atoms with Crippen molar-refractivity contribution in [2.45, 2.75) is 31.1 Å². The molecule has 1 aromatic rings. The summed E-state index contributed by atoms with van der Waals surface area (Å²) in [4.78, 5) is 36.5. The second kappa shape index (κ2) is 6.70. The van der Waals surface area contributed by atoms with Crippen LogP contribution in [0.15, 0.2) is 9.59 Å². The Morgan fingerprint density at radius 2 is 2.09 bits per heavy atom. The van der Waals surface area contributed by atoms with Gasteiger partial charge < -0.3 is 10.5 Å². The first-order valence-electron chi connectivity index (χ1n) is 7.17. The summed E-state index contributed by atoms with van der Waals surface area (Å²) < 4.78 is 7.54. The van der Waals surface area contributed by atoms with Crippen molar-refractivity contribution in [3.8, 4) is 0 Å². The molecule has 1 aliphatic heterocycles. The molecule has 1 aliphatic rings. The predicted molar refractivity (Wildman–Crippen MR) is 86.6 cm³/mol. The van der Waals surface area contributed by atoms with E-state index in [1.165, 1.54) is 25.9 Å². The number of carbonyl (C=O) groups excluding carboxylic acids is 1. The van der Waals surface area contributed by atoms with Crippen LogP contribution in [0, 0.1) is 0 Å². The van der Waals surface area contributed by atoms with Crippen molar-refractivity contribution in [1.29, 1.82) is 0 Å². The summed E-state index contributed by atoms with van der Waals surface area (Å²) in [6.45, 7) is 2.51. The first-order chi connectivity index (χ1) is 10.3. The maximum atomic E-state index is 12.5. The summed E-state index contributed by atoms with van der Waals surface area (Å²) >= 11 is 1.44. The number of hydrogen-bond donors (Lipinski definition) is 1. The third kappa shape index (κ3) is 3.12. The molecule has 0 amide bonds. The van der Waals surface area contributed by atoms with E-state index in [1.807, 2.05) is 0 Å². The number of hydrogen-bond acceptors (Lipinski definition) is 6. The van der Waals surface area contributed by atoms with Gasteiger partial charge in [0.05, 0.1) is 11.4 Å². The normalized spacial score (nSPS) is 19.3. The standard InChI is InChI=1S/C14H21N3O4S/c1-8(22-7-9-5-4-6-21-9)11(18)10-12(15)16(2)14(20)17(3)13(10)19/h8-9H,4-7,15H2,1-3H3/t8-,9+/m0/s1. The highest BCUT2D eigenvalue weighted by Gasteiger charge is 2.26. The van der Waals surface area contributed by atoms with Gasteiger partial charge in [-0.25, -0.2) is 4.79 Å². The fourth-order valence-corrected chi connectivity index (χ4v) is 3.43. The van der Waals surface area contributed by atoms with Crippen molar-refractivity contribution < 1.29 is 9.53 Å². The molecule has 0 saturated carbocycles. The number of anilines is 1. The Hall–Kier alpha value is -1.54. The summed E-state index contributed by atoms with van der Waals surface area (Å²) in [6, 6.07) is 0. The lowest BCUT2D eigenvalue weighted by molar-refractivity contribution is 0.0991. The van der Waals surface area contributed by atoms with Crippen molar-refractivity contribution in [1.82, 2.24) is 9.13 Å². The molecule has 0 aromatic carbocycles. The second-order valence-corrected chi connectivity index (χ2v) is 6.81. The van der Waals surface area contributed by atoms with Crippen molar-refractivity contribution in [3.63, 3.8) is 0 Å². The van der Waals surface area contributed by atoms with Crippen LogP contribution < -0.4 is 17.0 Å². The van der Waals surface area contributed by atoms with E-state index in [9.17, 15) is 14.4 Å². The minimum atomic E-state index is -0.643. The lowest BCUT2D eigenvalue weighted by Gasteiger charge is -2.16. The molecule has 1 saturated heterocycles. The molecule has 0 spiro atoms. The number of carbonyl (C=O) groups is 1. The molecule has 8 heteroatoms. The van der Waals surface area contributed by atoms with E-state index in [0.29, 0.717) is 5.75 Å². The molecule has 0 aliphatic carbocycles. The Labute approximate surface area is 132 Å². The highest BCUT2D eigenvalue weighted by molar-refractivity contribution is 8.00. The highest BCUT2D eigenvalue weighted by Crippen LogP contribution is 2.22. The zero-order valence-electron chi connectivity index (χ0n) is 13.0. The first-order valence-corrected chi connectivity index (χ1v) is 8.22. The average molecular weight is 327 g/mol. The van der Waals surface area contributed by atoms with Crippen molar-refractivity contribution in [2.24, 2.45) is 14.1 Å². The monoisotopic (exact) mass is 327 g/mol. The third-order valence-electron chi connectivity index (χ3n) is 3.88. The number of ketones is 1. The molecule has 1 fully saturated rings. The Morgan fingerprint density at radius 1 is 1.41 bits per heavy atom. The number of nitrogen functional groups attached to an aromatic ring is 1. The molecule has 122 valence electrons. The van der Waals surface area contributed by atoms with Crippen molar-refractivity contribution >= 4 is 23.4 Å². The number of rotatable bonds is 5. The molecule has 2 atom stereocenters. The van der Waals surface area contributed by atoms with Gasteiger partial charge in [-0.3, -0.25) is 18.7 Å². The molecule has 0 unspecified atom stereocenters. The Bertz CT molecular complexity index is 689. The molecule has 22 heavy (non-hydrogen) atoms. The lowest BCUT2D eigenvalue weighted by atomic mass is 10.1. The van der Waals surface area contributed by atoms with Gasteiger partial charge in [-0.1, -0.05) is 0 Å². The van der Waals surface area contributed by atoms with Crippen LogP contribution >= 0.6 is 11.8 Å². The highest BCUT2D eigenvalue weighted by atomic mass is 32.2. The van der Waals surface area contributed by atoms with Crippen molar-refractivity contribution in [2.75, 3.05) is 18.1 Å². The van der Waals surface area contributed by atoms with Crippen molar-refractivity contribution in [3.05, 3.63) is 26.4 Å². The quantitative estimate of drug-likeness (QED) is 0.773. The van der Waals surface area contributed by atoms with E-state index >= 15 is 0 Å². The molecule has 2 rings (SSSR count). The number of nitrogens with two attached hydrogens (primary N) is 1. The predicted octanol–water partition coefficient (Wildman–Crippen LogP) is 0.150. The summed E-state index contributed by atoms with van der Waals surface area (Å²) in [5.41, 5.74) is 4.50. The maximum absolute atomic E-state index is 12.5. The smallest absolute Gasteiger partial charge is 0.332 e. The Kier molecular flexibility index (Phi) is 5.12. The largest absolute Gasteiger partial charge is 0.384 e. The van der Waals surface area contributed by atoms with E-state index in [1.54, 1.807) is 6.92 Å². The molecular formula is C14H21N3O4S. The van der Waals surface area contributed by atoms with Crippen LogP contribution in [0.4, 0.5) is 5.82 Å². The molecule has 2 heterocycles. The molecular weight excluding hydrogens is 306 g/mol. The van der Waals surface area contributed by atoms with Gasteiger partial charge in [0.25, 0.3) is 5.56 Å². The number of aromatic nitrogens is 2. The first kappa shape index (κ1) is 16.8. The van der Waals surface area contributed by atoms with Gasteiger partial charge in [-0.05, 0) is 19.8 Å². The third-order valence-corrected chi connectivity index (χ3v) is 5.16. The van der Waals surface area contributed by atoms with Crippen LogP contribution in [0.5, 0.6) is 0 Å². The van der Waals surface area contributed by atoms with Crippen LogP contribution in [-0.2, 0) is 18.8 Å². The topological polar surface area (TPSA) is 96.3 Å². The van der Waals surface area contributed by atoms with Crippen LogP contribution in [0.2, 0.25) is 0 Å². The second-order valence-electron chi connectivity index (χ2n) is 5.44. The molecule has 1 aromatic heterocycles. The Balaban J connectivity index is 2.21. The minimum Gasteiger partial charge on any atom is -0.384 e. The van der Waals surface area contributed by atoms with Gasteiger partial charge in [0.1, 0.15) is 11.4 Å². The summed E-state index contributed by atoms with van der Waals surface area (Å²) in [5, 5.41) is -0.420. The van der Waals surface area contributed by atoms with Crippen LogP contribution in [0.1, 0.15) is 30.1 Å². The van der Waals surface area contributed by atoms with Gasteiger partial charge in [0, 0.05) is 26.5 Å². The van der Waals surface area contributed by atoms with Gasteiger partial charge in [0.2, 0.25) is 0 Å². The lowest BCUT2D eigenvalue weighted by Crippen LogP contribution is -2.42. The number of Topliss-reactive ketones (excluding diaryl/α,β-unsaturated/α-hetero) is 1. The summed E-state index contributed by atoms with van der Waals surface area (Å²) in [6.07, 6.45) is 2.21. The Morgan fingerprint density at radius 3 is 2.68 bits per heavy atom. The van der Waals surface area contributed by atoms with E-state index in [0.717, 1.165) is 28.6 Å². The molecule has 0 radical (unpaired) electrons. The van der Waals surface area contributed by atoms with Gasteiger partial charge in [-0.2, -0.15) is 0 Å².